The third-order valence-corrected chi connectivity index (χ3v) is 4.23. The number of hydrogen-bond acceptors (Lipinski definition) is 5. The van der Waals surface area contributed by atoms with Crippen molar-refractivity contribution in [2.45, 2.75) is 13.8 Å². The summed E-state index contributed by atoms with van der Waals surface area (Å²) >= 11 is 0. The van der Waals surface area contributed by atoms with E-state index in [0.717, 1.165) is 22.5 Å². The van der Waals surface area contributed by atoms with E-state index in [0.29, 0.717) is 18.1 Å². The van der Waals surface area contributed by atoms with E-state index in [2.05, 4.69) is 15.8 Å². The van der Waals surface area contributed by atoms with Gasteiger partial charge >= 0.3 is 0 Å². The number of benzene rings is 3. The Hall–Kier alpha value is -3.80. The van der Waals surface area contributed by atoms with Gasteiger partial charge in [0, 0.05) is 5.69 Å². The van der Waals surface area contributed by atoms with Crippen molar-refractivity contribution in [1.82, 2.24) is 0 Å². The predicted octanol–water partition coefficient (Wildman–Crippen LogP) is 4.86. The summed E-state index contributed by atoms with van der Waals surface area (Å²) in [6.45, 7) is 4.20. The molecule has 6 heteroatoms. The number of carbonyl (C=O) groups excluding carboxylic acids is 1. The Morgan fingerprint density at radius 1 is 0.967 bits per heavy atom. The van der Waals surface area contributed by atoms with Gasteiger partial charge in [0.2, 0.25) is 0 Å². The quantitative estimate of drug-likeness (QED) is 0.395. The molecule has 3 aromatic rings. The van der Waals surface area contributed by atoms with Crippen molar-refractivity contribution in [3.8, 4) is 11.5 Å². The molecule has 0 unspecified atom stereocenters. The number of hydrogen-bond donors (Lipinski definition) is 2. The SMILES string of the molecule is CCOc1cc(/C=N/Nc2ccccc2)ccc1OCC(=O)Nc1ccccc1C. The highest BCUT2D eigenvalue weighted by Gasteiger charge is 2.10. The fourth-order valence-corrected chi connectivity index (χ4v) is 2.73. The molecule has 0 saturated carbocycles. The largest absolute Gasteiger partial charge is 0.490 e. The molecule has 3 aromatic carbocycles. The number of anilines is 2. The van der Waals surface area contributed by atoms with Crippen LogP contribution >= 0.6 is 0 Å². The van der Waals surface area contributed by atoms with Crippen LogP contribution in [0.25, 0.3) is 0 Å². The van der Waals surface area contributed by atoms with Crippen LogP contribution in [0, 0.1) is 6.92 Å². The maximum Gasteiger partial charge on any atom is 0.262 e. The van der Waals surface area contributed by atoms with Gasteiger partial charge in [0.25, 0.3) is 5.91 Å². The second kappa shape index (κ2) is 10.7. The van der Waals surface area contributed by atoms with Gasteiger partial charge in [0.05, 0.1) is 18.5 Å². The molecule has 2 N–H and O–H groups in total. The molecule has 1 amide bonds. The summed E-state index contributed by atoms with van der Waals surface area (Å²) in [5.41, 5.74) is 6.48. The molecule has 0 bridgehead atoms. The molecule has 0 aliphatic rings. The van der Waals surface area contributed by atoms with E-state index in [9.17, 15) is 4.79 Å². The smallest absolute Gasteiger partial charge is 0.262 e. The summed E-state index contributed by atoms with van der Waals surface area (Å²) in [6.07, 6.45) is 1.70. The summed E-state index contributed by atoms with van der Waals surface area (Å²) in [5.74, 6) is 0.833. The van der Waals surface area contributed by atoms with Crippen molar-refractivity contribution < 1.29 is 14.3 Å². The van der Waals surface area contributed by atoms with E-state index in [1.54, 1.807) is 12.3 Å². The highest BCUT2D eigenvalue weighted by Crippen LogP contribution is 2.28. The number of hydrazone groups is 1. The summed E-state index contributed by atoms with van der Waals surface area (Å²) < 4.78 is 11.4. The van der Waals surface area contributed by atoms with Crippen LogP contribution in [0.3, 0.4) is 0 Å². The van der Waals surface area contributed by atoms with Crippen LogP contribution in [0.4, 0.5) is 11.4 Å². The topological polar surface area (TPSA) is 71.9 Å². The van der Waals surface area contributed by atoms with Crippen LogP contribution < -0.4 is 20.2 Å². The van der Waals surface area contributed by atoms with Crippen LogP contribution in [0.2, 0.25) is 0 Å². The van der Waals surface area contributed by atoms with Gasteiger partial charge in [-0.05, 0) is 61.4 Å². The Balaban J connectivity index is 1.61. The molecule has 0 fully saturated rings. The lowest BCUT2D eigenvalue weighted by atomic mass is 10.2. The Bertz CT molecular complexity index is 1000. The highest BCUT2D eigenvalue weighted by atomic mass is 16.5. The van der Waals surface area contributed by atoms with Crippen molar-refractivity contribution >= 4 is 23.5 Å². The molecule has 0 saturated heterocycles. The lowest BCUT2D eigenvalue weighted by molar-refractivity contribution is -0.118. The lowest BCUT2D eigenvalue weighted by Crippen LogP contribution is -2.20. The number of para-hydroxylation sites is 2. The van der Waals surface area contributed by atoms with Crippen LogP contribution in [0.15, 0.2) is 77.9 Å². The fourth-order valence-electron chi connectivity index (χ4n) is 2.73. The van der Waals surface area contributed by atoms with Crippen molar-refractivity contribution in [2.24, 2.45) is 5.10 Å². The van der Waals surface area contributed by atoms with Crippen LogP contribution in [-0.2, 0) is 4.79 Å². The molecule has 0 heterocycles. The van der Waals surface area contributed by atoms with E-state index in [1.165, 1.54) is 0 Å². The minimum Gasteiger partial charge on any atom is -0.490 e. The molecule has 6 nitrogen and oxygen atoms in total. The highest BCUT2D eigenvalue weighted by molar-refractivity contribution is 5.92. The minimum absolute atomic E-state index is 0.114. The number of rotatable bonds is 9. The van der Waals surface area contributed by atoms with Gasteiger partial charge in [0.1, 0.15) is 0 Å². The molecule has 0 radical (unpaired) electrons. The zero-order chi connectivity index (χ0) is 21.2. The first kappa shape index (κ1) is 20.9. The van der Waals surface area contributed by atoms with Crippen LogP contribution in [0.1, 0.15) is 18.1 Å². The maximum absolute atomic E-state index is 12.2. The molecule has 3 rings (SSSR count). The number of aryl methyl sites for hydroxylation is 1. The van der Waals surface area contributed by atoms with Crippen molar-refractivity contribution in [1.29, 1.82) is 0 Å². The normalized spacial score (nSPS) is 10.6. The third-order valence-electron chi connectivity index (χ3n) is 4.23. The van der Waals surface area contributed by atoms with Gasteiger partial charge in [-0.3, -0.25) is 10.2 Å². The second-order valence-electron chi connectivity index (χ2n) is 6.53. The van der Waals surface area contributed by atoms with Crippen LogP contribution in [-0.4, -0.2) is 25.3 Å². The van der Waals surface area contributed by atoms with E-state index in [1.807, 2.05) is 80.6 Å². The summed E-state index contributed by atoms with van der Waals surface area (Å²) in [5, 5.41) is 7.09. The van der Waals surface area contributed by atoms with E-state index in [4.69, 9.17) is 9.47 Å². The maximum atomic E-state index is 12.2. The van der Waals surface area contributed by atoms with Crippen molar-refractivity contribution in [3.63, 3.8) is 0 Å². The second-order valence-corrected chi connectivity index (χ2v) is 6.53. The van der Waals surface area contributed by atoms with Crippen LogP contribution in [0.5, 0.6) is 11.5 Å². The number of nitrogens with zero attached hydrogens (tertiary/aromatic N) is 1. The Morgan fingerprint density at radius 2 is 1.73 bits per heavy atom. The molecular formula is C24H25N3O3. The molecule has 0 aromatic heterocycles. The molecule has 0 atom stereocenters. The van der Waals surface area contributed by atoms with Gasteiger partial charge in [-0.15, -0.1) is 0 Å². The van der Waals surface area contributed by atoms with E-state index >= 15 is 0 Å². The molecule has 30 heavy (non-hydrogen) atoms. The predicted molar refractivity (Wildman–Crippen MR) is 121 cm³/mol. The average molecular weight is 403 g/mol. The number of nitrogens with one attached hydrogen (secondary N) is 2. The first-order chi connectivity index (χ1) is 14.7. The van der Waals surface area contributed by atoms with Crippen molar-refractivity contribution in [2.75, 3.05) is 24.0 Å². The first-order valence-electron chi connectivity index (χ1n) is 9.75. The van der Waals surface area contributed by atoms with Crippen molar-refractivity contribution in [3.05, 3.63) is 83.9 Å². The monoisotopic (exact) mass is 403 g/mol. The molecule has 0 spiro atoms. The van der Waals surface area contributed by atoms with Gasteiger partial charge in [-0.1, -0.05) is 36.4 Å². The number of amides is 1. The van der Waals surface area contributed by atoms with Gasteiger partial charge in [-0.25, -0.2) is 0 Å². The first-order valence-corrected chi connectivity index (χ1v) is 9.75. The summed E-state index contributed by atoms with van der Waals surface area (Å²) in [7, 11) is 0. The van der Waals surface area contributed by atoms with E-state index < -0.39 is 0 Å². The number of carbonyl (C=O) groups is 1. The average Bonchev–Trinajstić information content (AvgIpc) is 2.76. The molecule has 0 aliphatic carbocycles. The molecular weight excluding hydrogens is 378 g/mol. The van der Waals surface area contributed by atoms with Gasteiger partial charge in [-0.2, -0.15) is 5.10 Å². The zero-order valence-corrected chi connectivity index (χ0v) is 17.1. The fraction of sp³-hybridized carbons (Fsp3) is 0.167. The zero-order valence-electron chi connectivity index (χ0n) is 17.1. The number of ether oxygens (including phenoxy) is 2. The Morgan fingerprint density at radius 3 is 2.50 bits per heavy atom. The standard InChI is InChI=1S/C24H25N3O3/c1-3-29-23-15-19(16-25-27-20-10-5-4-6-11-20)13-14-22(23)30-17-24(28)26-21-12-8-7-9-18(21)2/h4-16,27H,3,17H2,1-2H3,(H,26,28)/b25-16+. The summed E-state index contributed by atoms with van der Waals surface area (Å²) in [6, 6.07) is 22.7. The van der Waals surface area contributed by atoms with Gasteiger partial charge in [0.15, 0.2) is 18.1 Å². The lowest BCUT2D eigenvalue weighted by Gasteiger charge is -2.13. The third kappa shape index (κ3) is 6.10. The van der Waals surface area contributed by atoms with Gasteiger partial charge < -0.3 is 14.8 Å². The Kier molecular flexibility index (Phi) is 7.44. The van der Waals surface area contributed by atoms with E-state index in [-0.39, 0.29) is 12.5 Å². The minimum atomic E-state index is -0.232. The molecule has 0 aliphatic heterocycles. The molecule has 154 valence electrons. The summed E-state index contributed by atoms with van der Waals surface area (Å²) in [4.78, 5) is 12.2. The Labute approximate surface area is 176 Å².